The van der Waals surface area contributed by atoms with Crippen molar-refractivity contribution in [1.82, 2.24) is 9.97 Å². The third-order valence-electron chi connectivity index (χ3n) is 6.57. The van der Waals surface area contributed by atoms with Gasteiger partial charge in [-0.15, -0.1) is 0 Å². The summed E-state index contributed by atoms with van der Waals surface area (Å²) in [6, 6.07) is 21.1. The van der Waals surface area contributed by atoms with Crippen LogP contribution in [-0.2, 0) is 18.3 Å². The molecule has 2 aromatic heterocycles. The lowest BCUT2D eigenvalue weighted by Crippen LogP contribution is -2.28. The third-order valence-corrected chi connectivity index (χ3v) is 6.57. The van der Waals surface area contributed by atoms with Crippen LogP contribution in [-0.4, -0.2) is 9.97 Å². The number of nitrogen functional groups attached to an aromatic ring is 1. The number of benzene rings is 2. The van der Waals surface area contributed by atoms with Crippen molar-refractivity contribution in [3.05, 3.63) is 113 Å². The molecule has 1 aliphatic rings. The number of anilines is 1. The molecule has 0 fully saturated rings. The van der Waals surface area contributed by atoms with E-state index in [-0.39, 0.29) is 5.41 Å². The van der Waals surface area contributed by atoms with Gasteiger partial charge in [0, 0.05) is 23.5 Å². The van der Waals surface area contributed by atoms with Crippen LogP contribution in [0.5, 0.6) is 0 Å². The Morgan fingerprint density at radius 3 is 1.94 bits per heavy atom. The van der Waals surface area contributed by atoms with Crippen molar-refractivity contribution in [3.8, 4) is 11.1 Å². The number of hydrogen-bond acceptors (Lipinski definition) is 3. The number of rotatable bonds is 6. The molecule has 32 heavy (non-hydrogen) atoms. The van der Waals surface area contributed by atoms with Gasteiger partial charge in [0.2, 0.25) is 11.9 Å². The zero-order valence-corrected chi connectivity index (χ0v) is 17.6. The Kier molecular flexibility index (Phi) is 5.17. The maximum Gasteiger partial charge on any atom is 0.213 e. The summed E-state index contributed by atoms with van der Waals surface area (Å²) >= 11 is 0. The first-order chi connectivity index (χ1) is 15.6. The second-order valence-electron chi connectivity index (χ2n) is 8.37. The summed E-state index contributed by atoms with van der Waals surface area (Å²) in [6.45, 7) is 0. The quantitative estimate of drug-likeness (QED) is 0.309. The average Bonchev–Trinajstić information content (AvgIpc) is 3.08. The fourth-order valence-electron chi connectivity index (χ4n) is 5.15. The Morgan fingerprint density at radius 2 is 1.31 bits per heavy atom. The molecule has 4 aromatic rings. The van der Waals surface area contributed by atoms with Crippen molar-refractivity contribution < 1.29 is 8.78 Å². The van der Waals surface area contributed by atoms with Gasteiger partial charge in [0.1, 0.15) is 0 Å². The number of halogens is 2. The Balaban J connectivity index is 1.61. The van der Waals surface area contributed by atoms with E-state index in [1.165, 1.54) is 35.7 Å². The summed E-state index contributed by atoms with van der Waals surface area (Å²) in [5, 5.41) is 0. The smallest absolute Gasteiger partial charge is 0.213 e. The first-order valence-corrected chi connectivity index (χ1v) is 10.8. The molecule has 1 aliphatic carbocycles. The van der Waals surface area contributed by atoms with Crippen LogP contribution in [0.2, 0.25) is 0 Å². The van der Waals surface area contributed by atoms with Crippen molar-refractivity contribution in [2.75, 3.05) is 5.73 Å². The van der Waals surface area contributed by atoms with Crippen molar-refractivity contribution >= 4 is 5.69 Å². The van der Waals surface area contributed by atoms with Crippen molar-refractivity contribution in [3.63, 3.8) is 0 Å². The minimum atomic E-state index is -0.476. The van der Waals surface area contributed by atoms with Crippen LogP contribution in [0.3, 0.4) is 0 Å². The summed E-state index contributed by atoms with van der Waals surface area (Å²) < 4.78 is 27.5. The van der Waals surface area contributed by atoms with Crippen LogP contribution in [0.4, 0.5) is 14.5 Å². The van der Waals surface area contributed by atoms with Crippen molar-refractivity contribution in [2.45, 2.75) is 31.1 Å². The summed E-state index contributed by atoms with van der Waals surface area (Å²) in [4.78, 5) is 7.36. The molecule has 0 saturated heterocycles. The number of aryl methyl sites for hydroxylation is 2. The van der Waals surface area contributed by atoms with Crippen LogP contribution in [0, 0.1) is 11.9 Å². The number of hydrogen-bond donors (Lipinski definition) is 1. The van der Waals surface area contributed by atoms with Crippen molar-refractivity contribution in [1.29, 1.82) is 0 Å². The molecule has 0 radical (unpaired) electrons. The maximum absolute atomic E-state index is 13.7. The second-order valence-corrected chi connectivity index (χ2v) is 8.37. The summed E-state index contributed by atoms with van der Waals surface area (Å²) in [6.07, 6.45) is 5.85. The number of pyridine rings is 2. The van der Waals surface area contributed by atoms with Crippen LogP contribution >= 0.6 is 0 Å². The molecular formula is C27H23F2N3. The summed E-state index contributed by atoms with van der Waals surface area (Å²) in [5.74, 6) is -0.953. The van der Waals surface area contributed by atoms with E-state index in [9.17, 15) is 8.78 Å². The van der Waals surface area contributed by atoms with Crippen LogP contribution in [0.1, 0.15) is 35.1 Å². The van der Waals surface area contributed by atoms with E-state index in [0.29, 0.717) is 12.8 Å². The molecule has 3 nitrogen and oxygen atoms in total. The average molecular weight is 427 g/mol. The van der Waals surface area contributed by atoms with Gasteiger partial charge in [0.05, 0.1) is 0 Å². The van der Waals surface area contributed by atoms with E-state index >= 15 is 0 Å². The zero-order valence-electron chi connectivity index (χ0n) is 17.6. The van der Waals surface area contributed by atoms with Crippen LogP contribution in [0.25, 0.3) is 11.1 Å². The standard InChI is InChI=1S/C27H23F2N3/c28-24-16-18(10-14-31-24)8-12-27(13-9-19-11-15-32-25(29)17-19)22-6-2-1-4-20(22)21-5-3-7-23(30)26(21)27/h1-7,10-11,14-17H,8-9,12-13,30H2. The number of aromatic nitrogens is 2. The highest BCUT2D eigenvalue weighted by atomic mass is 19.1. The minimum absolute atomic E-state index is 0.364. The Labute approximate surface area is 186 Å². The summed E-state index contributed by atoms with van der Waals surface area (Å²) in [7, 11) is 0. The van der Waals surface area contributed by atoms with E-state index in [4.69, 9.17) is 5.73 Å². The Hall–Kier alpha value is -3.60. The molecule has 0 amide bonds. The number of nitrogens with zero attached hydrogens (tertiary/aromatic N) is 2. The van der Waals surface area contributed by atoms with Gasteiger partial charge < -0.3 is 5.73 Å². The highest BCUT2D eigenvalue weighted by molar-refractivity contribution is 5.85. The van der Waals surface area contributed by atoms with Gasteiger partial charge in [-0.25, -0.2) is 9.97 Å². The SMILES string of the molecule is Nc1cccc2c1C(CCc1ccnc(F)c1)(CCc1ccnc(F)c1)c1ccccc1-2. The second kappa shape index (κ2) is 8.15. The Morgan fingerprint density at radius 1 is 0.719 bits per heavy atom. The van der Waals surface area contributed by atoms with Crippen molar-refractivity contribution in [2.24, 2.45) is 0 Å². The molecule has 2 heterocycles. The predicted molar refractivity (Wildman–Crippen MR) is 122 cm³/mol. The minimum Gasteiger partial charge on any atom is -0.398 e. The topological polar surface area (TPSA) is 51.8 Å². The molecule has 0 atom stereocenters. The molecule has 5 heteroatoms. The molecular weight excluding hydrogens is 404 g/mol. The molecule has 5 rings (SSSR count). The van der Waals surface area contributed by atoms with E-state index in [1.54, 1.807) is 0 Å². The summed E-state index contributed by atoms with van der Waals surface area (Å²) in [5.41, 5.74) is 13.4. The Bertz CT molecular complexity index is 1240. The van der Waals surface area contributed by atoms with Gasteiger partial charge >= 0.3 is 0 Å². The predicted octanol–water partition coefficient (Wildman–Crippen LogP) is 5.87. The van der Waals surface area contributed by atoms with E-state index in [2.05, 4.69) is 28.2 Å². The van der Waals surface area contributed by atoms with Gasteiger partial charge in [0.15, 0.2) is 0 Å². The molecule has 0 aliphatic heterocycles. The lowest BCUT2D eigenvalue weighted by Gasteiger charge is -2.33. The largest absolute Gasteiger partial charge is 0.398 e. The molecule has 2 aromatic carbocycles. The molecule has 0 saturated carbocycles. The lowest BCUT2D eigenvalue weighted by atomic mass is 9.70. The molecule has 2 N–H and O–H groups in total. The normalized spacial score (nSPS) is 13.6. The fraction of sp³-hybridized carbons (Fsp3) is 0.185. The van der Waals surface area contributed by atoms with Crippen LogP contribution in [0.15, 0.2) is 79.1 Å². The third kappa shape index (κ3) is 3.54. The molecule has 0 unspecified atom stereocenters. The monoisotopic (exact) mass is 427 g/mol. The highest BCUT2D eigenvalue weighted by Gasteiger charge is 2.43. The van der Waals surface area contributed by atoms with Gasteiger partial charge in [-0.3, -0.25) is 0 Å². The molecule has 0 bridgehead atoms. The van der Waals surface area contributed by atoms with E-state index in [0.717, 1.165) is 40.8 Å². The van der Waals surface area contributed by atoms with Gasteiger partial charge in [0.25, 0.3) is 0 Å². The first-order valence-electron chi connectivity index (χ1n) is 10.8. The van der Waals surface area contributed by atoms with E-state index in [1.807, 2.05) is 36.4 Å². The fourth-order valence-corrected chi connectivity index (χ4v) is 5.15. The molecule has 0 spiro atoms. The zero-order chi connectivity index (χ0) is 22.1. The molecule has 160 valence electrons. The number of nitrogens with two attached hydrogens (primary N) is 1. The highest BCUT2D eigenvalue weighted by Crippen LogP contribution is 2.55. The van der Waals surface area contributed by atoms with Crippen LogP contribution < -0.4 is 5.73 Å². The first kappa shape index (κ1) is 20.3. The van der Waals surface area contributed by atoms with E-state index < -0.39 is 11.9 Å². The number of fused-ring (bicyclic) bond motifs is 3. The maximum atomic E-state index is 13.7. The van der Waals surface area contributed by atoms with Gasteiger partial charge in [-0.1, -0.05) is 36.4 Å². The van der Waals surface area contributed by atoms with Gasteiger partial charge in [-0.05, 0) is 89.4 Å². The van der Waals surface area contributed by atoms with Gasteiger partial charge in [-0.2, -0.15) is 8.78 Å². The lowest BCUT2D eigenvalue weighted by molar-refractivity contribution is 0.446.